The molecular formula is C13H17N5O4S. The minimum absolute atomic E-state index is 0.235. The summed E-state index contributed by atoms with van der Waals surface area (Å²) in [4.78, 5) is 34.5. The number of pyridine rings is 1. The van der Waals surface area contributed by atoms with E-state index >= 15 is 0 Å². The largest absolute Gasteiger partial charge is 0.336 e. The first kappa shape index (κ1) is 15.7. The highest BCUT2D eigenvalue weighted by Gasteiger charge is 2.32. The topological polar surface area (TPSA) is 119 Å². The minimum atomic E-state index is -3.28. The quantitative estimate of drug-likeness (QED) is 0.754. The number of imidazole rings is 1. The predicted molar refractivity (Wildman–Crippen MR) is 83.6 cm³/mol. The van der Waals surface area contributed by atoms with E-state index in [2.05, 4.69) is 15.0 Å². The maximum Gasteiger partial charge on any atom is 0.325 e. The molecule has 124 valence electrons. The van der Waals surface area contributed by atoms with Gasteiger partial charge in [-0.25, -0.2) is 18.2 Å². The van der Waals surface area contributed by atoms with Crippen LogP contribution in [0.4, 0.5) is 0 Å². The highest BCUT2D eigenvalue weighted by molar-refractivity contribution is 7.88. The van der Waals surface area contributed by atoms with Gasteiger partial charge in [-0.2, -0.15) is 4.31 Å². The molecule has 2 aromatic heterocycles. The van der Waals surface area contributed by atoms with Gasteiger partial charge in [0, 0.05) is 31.9 Å². The molecule has 1 aliphatic heterocycles. The Labute approximate surface area is 132 Å². The van der Waals surface area contributed by atoms with Crippen molar-refractivity contribution in [2.24, 2.45) is 0 Å². The molecular weight excluding hydrogens is 322 g/mol. The molecule has 0 saturated carbocycles. The van der Waals surface area contributed by atoms with Crippen LogP contribution in [0.25, 0.3) is 11.2 Å². The highest BCUT2D eigenvalue weighted by Crippen LogP contribution is 2.16. The number of carbonyl (C=O) groups is 1. The molecule has 3 heterocycles. The maximum atomic E-state index is 12.6. The molecule has 1 fully saturated rings. The molecule has 0 aromatic carbocycles. The molecule has 23 heavy (non-hydrogen) atoms. The fraction of sp³-hybridized carbons (Fsp3) is 0.462. The van der Waals surface area contributed by atoms with E-state index < -0.39 is 10.0 Å². The second kappa shape index (κ2) is 5.46. The van der Waals surface area contributed by atoms with E-state index in [9.17, 15) is 18.0 Å². The normalized spacial score (nSPS) is 20.1. The highest BCUT2D eigenvalue weighted by atomic mass is 32.2. The lowest BCUT2D eigenvalue weighted by Crippen LogP contribution is -2.55. The van der Waals surface area contributed by atoms with Crippen molar-refractivity contribution in [3.8, 4) is 0 Å². The van der Waals surface area contributed by atoms with Gasteiger partial charge in [0.15, 0.2) is 5.65 Å². The lowest BCUT2D eigenvalue weighted by molar-refractivity contribution is 0.0642. The Morgan fingerprint density at radius 1 is 1.35 bits per heavy atom. The van der Waals surface area contributed by atoms with E-state index in [1.54, 1.807) is 17.9 Å². The van der Waals surface area contributed by atoms with Gasteiger partial charge in [-0.05, 0) is 13.0 Å². The third-order valence-electron chi connectivity index (χ3n) is 3.89. The summed E-state index contributed by atoms with van der Waals surface area (Å²) in [5.41, 5.74) is 0.825. The van der Waals surface area contributed by atoms with E-state index in [4.69, 9.17) is 0 Å². The van der Waals surface area contributed by atoms with Gasteiger partial charge in [0.25, 0.3) is 5.91 Å². The van der Waals surface area contributed by atoms with Crippen LogP contribution in [0.3, 0.4) is 0 Å². The van der Waals surface area contributed by atoms with Crippen LogP contribution in [0.5, 0.6) is 0 Å². The van der Waals surface area contributed by atoms with Crippen molar-refractivity contribution in [2.45, 2.75) is 13.0 Å². The summed E-state index contributed by atoms with van der Waals surface area (Å²) in [5, 5.41) is 0. The van der Waals surface area contributed by atoms with Crippen LogP contribution in [-0.4, -0.2) is 70.4 Å². The molecule has 0 aliphatic carbocycles. The van der Waals surface area contributed by atoms with Crippen LogP contribution >= 0.6 is 0 Å². The summed E-state index contributed by atoms with van der Waals surface area (Å²) in [5.74, 6) is -0.235. The van der Waals surface area contributed by atoms with Gasteiger partial charge in [-0.15, -0.1) is 0 Å². The van der Waals surface area contributed by atoms with Crippen molar-refractivity contribution in [2.75, 3.05) is 25.9 Å². The number of fused-ring (bicyclic) bond motifs is 1. The number of rotatable bonds is 2. The van der Waals surface area contributed by atoms with Gasteiger partial charge in [0.05, 0.1) is 17.3 Å². The van der Waals surface area contributed by atoms with Crippen molar-refractivity contribution >= 4 is 27.1 Å². The maximum absolute atomic E-state index is 12.6. The number of nitrogens with one attached hydrogen (secondary N) is 2. The second-order valence-corrected chi connectivity index (χ2v) is 7.61. The van der Waals surface area contributed by atoms with Gasteiger partial charge < -0.3 is 9.88 Å². The third-order valence-corrected chi connectivity index (χ3v) is 5.29. The van der Waals surface area contributed by atoms with Crippen molar-refractivity contribution in [1.29, 1.82) is 0 Å². The Bertz CT molecular complexity index is 916. The molecule has 1 saturated heterocycles. The molecule has 0 radical (unpaired) electrons. The summed E-state index contributed by atoms with van der Waals surface area (Å²) in [6, 6.07) is 1.28. The second-order valence-electron chi connectivity index (χ2n) is 5.67. The molecule has 2 N–H and O–H groups in total. The van der Waals surface area contributed by atoms with Gasteiger partial charge in [0.1, 0.15) is 0 Å². The van der Waals surface area contributed by atoms with Gasteiger partial charge in [0.2, 0.25) is 10.0 Å². The molecule has 3 rings (SSSR count). The molecule has 9 nitrogen and oxygen atoms in total. The molecule has 1 atom stereocenters. The predicted octanol–water partition coefficient (Wildman–Crippen LogP) is -0.643. The lowest BCUT2D eigenvalue weighted by atomic mass is 10.2. The smallest absolute Gasteiger partial charge is 0.325 e. The van der Waals surface area contributed by atoms with E-state index in [0.717, 1.165) is 0 Å². The number of hydrogen-bond acceptors (Lipinski definition) is 5. The number of carbonyl (C=O) groups excluding carboxylic acids is 1. The van der Waals surface area contributed by atoms with E-state index in [1.165, 1.54) is 16.8 Å². The Morgan fingerprint density at radius 2 is 2.09 bits per heavy atom. The summed E-state index contributed by atoms with van der Waals surface area (Å²) >= 11 is 0. The zero-order valence-corrected chi connectivity index (χ0v) is 13.6. The number of hydrogen-bond donors (Lipinski definition) is 2. The number of nitrogens with zero attached hydrogens (tertiary/aromatic N) is 3. The van der Waals surface area contributed by atoms with Gasteiger partial charge >= 0.3 is 5.69 Å². The molecule has 2 aromatic rings. The Balaban J connectivity index is 1.81. The third kappa shape index (κ3) is 2.99. The zero-order chi connectivity index (χ0) is 16.8. The number of aromatic amines is 2. The van der Waals surface area contributed by atoms with Crippen molar-refractivity contribution < 1.29 is 13.2 Å². The summed E-state index contributed by atoms with van der Waals surface area (Å²) < 4.78 is 24.7. The number of H-pyrrole nitrogens is 2. The first-order valence-corrected chi connectivity index (χ1v) is 8.94. The first-order chi connectivity index (χ1) is 10.8. The molecule has 0 bridgehead atoms. The van der Waals surface area contributed by atoms with Crippen LogP contribution in [0.2, 0.25) is 0 Å². The van der Waals surface area contributed by atoms with Gasteiger partial charge in [-0.3, -0.25) is 9.78 Å². The van der Waals surface area contributed by atoms with Crippen molar-refractivity contribution in [1.82, 2.24) is 24.2 Å². The van der Waals surface area contributed by atoms with Crippen molar-refractivity contribution in [3.05, 3.63) is 28.3 Å². The van der Waals surface area contributed by atoms with E-state index in [1.807, 2.05) is 0 Å². The number of piperazine rings is 1. The zero-order valence-electron chi connectivity index (χ0n) is 12.7. The van der Waals surface area contributed by atoms with E-state index in [-0.39, 0.29) is 24.2 Å². The van der Waals surface area contributed by atoms with Crippen LogP contribution < -0.4 is 5.69 Å². The van der Waals surface area contributed by atoms with Crippen LogP contribution in [0.15, 0.2) is 17.1 Å². The Kier molecular flexibility index (Phi) is 3.72. The van der Waals surface area contributed by atoms with Crippen LogP contribution in [0.1, 0.15) is 17.3 Å². The monoisotopic (exact) mass is 339 g/mol. The summed E-state index contributed by atoms with van der Waals surface area (Å²) in [6.45, 7) is 2.67. The molecule has 1 amide bonds. The number of sulfonamides is 1. The molecule has 0 unspecified atom stereocenters. The van der Waals surface area contributed by atoms with Crippen LogP contribution in [0, 0.1) is 0 Å². The average molecular weight is 339 g/mol. The fourth-order valence-corrected chi connectivity index (χ4v) is 3.97. The average Bonchev–Trinajstić information content (AvgIpc) is 2.84. The summed E-state index contributed by atoms with van der Waals surface area (Å²) in [6.07, 6.45) is 2.57. The lowest BCUT2D eigenvalue weighted by Gasteiger charge is -2.38. The van der Waals surface area contributed by atoms with E-state index in [0.29, 0.717) is 29.8 Å². The molecule has 1 aliphatic rings. The number of aromatic nitrogens is 3. The Morgan fingerprint density at radius 3 is 2.74 bits per heavy atom. The standard InChI is InChI=1S/C13H17N5O4S/c1-8-7-17(3-4-18(8)23(2,21)22)12(19)9-5-10-11(14-6-9)16-13(20)15-10/h5-6,8H,3-4,7H2,1-2H3,(H2,14,15,16,20)/t8-/m0/s1. The van der Waals surface area contributed by atoms with Gasteiger partial charge in [-0.1, -0.05) is 0 Å². The summed E-state index contributed by atoms with van der Waals surface area (Å²) in [7, 11) is -3.28. The molecule has 10 heteroatoms. The Hall–Kier alpha value is -2.20. The first-order valence-electron chi connectivity index (χ1n) is 7.10. The minimum Gasteiger partial charge on any atom is -0.336 e. The molecule has 0 spiro atoms. The SMILES string of the molecule is C[C@H]1CN(C(=O)c2cnc3[nH]c(=O)[nH]c3c2)CCN1S(C)(=O)=O. The van der Waals surface area contributed by atoms with Crippen molar-refractivity contribution in [3.63, 3.8) is 0 Å². The van der Waals surface area contributed by atoms with Crippen LogP contribution in [-0.2, 0) is 10.0 Å². The number of amides is 1. The fourth-order valence-electron chi connectivity index (χ4n) is 2.84.